The highest BCUT2D eigenvalue weighted by molar-refractivity contribution is 6.02. The number of ether oxygens (including phenoxy) is 2. The van der Waals surface area contributed by atoms with Crippen LogP contribution in [0.3, 0.4) is 0 Å². The minimum atomic E-state index is -0.709. The highest BCUT2D eigenvalue weighted by atomic mass is 16.5. The van der Waals surface area contributed by atoms with Crippen LogP contribution in [0.5, 0.6) is 0 Å². The lowest BCUT2D eigenvalue weighted by Gasteiger charge is -2.17. The van der Waals surface area contributed by atoms with Gasteiger partial charge in [0.05, 0.1) is 6.61 Å². The van der Waals surface area contributed by atoms with Gasteiger partial charge in [-0.15, -0.1) is 0 Å². The van der Waals surface area contributed by atoms with Gasteiger partial charge in [0.15, 0.2) is 12.4 Å². The fourth-order valence-corrected chi connectivity index (χ4v) is 3.45. The van der Waals surface area contributed by atoms with E-state index in [1.165, 1.54) is 0 Å². The fourth-order valence-electron chi connectivity index (χ4n) is 3.45. The molecule has 1 aromatic heterocycles. The number of rotatable bonds is 7. The van der Waals surface area contributed by atoms with Crippen molar-refractivity contribution in [2.45, 2.75) is 26.4 Å². The van der Waals surface area contributed by atoms with E-state index < -0.39 is 12.6 Å². The summed E-state index contributed by atoms with van der Waals surface area (Å²) in [4.78, 5) is 36.6. The van der Waals surface area contributed by atoms with Crippen molar-refractivity contribution in [3.63, 3.8) is 0 Å². The number of benzene rings is 2. The quantitative estimate of drug-likeness (QED) is 0.472. The predicted molar refractivity (Wildman–Crippen MR) is 110 cm³/mol. The van der Waals surface area contributed by atoms with Crippen LogP contribution in [0.2, 0.25) is 0 Å². The minimum absolute atomic E-state index is 0.0378. The van der Waals surface area contributed by atoms with Gasteiger partial charge in [-0.05, 0) is 43.2 Å². The van der Waals surface area contributed by atoms with E-state index in [9.17, 15) is 14.4 Å². The molecule has 0 unspecified atom stereocenters. The number of hydrogen-bond donors (Lipinski definition) is 1. The van der Waals surface area contributed by atoms with E-state index >= 15 is 0 Å². The maximum atomic E-state index is 12.6. The van der Waals surface area contributed by atoms with Crippen molar-refractivity contribution in [3.8, 4) is 0 Å². The molecule has 0 radical (unpaired) electrons. The lowest BCUT2D eigenvalue weighted by atomic mass is 9.99. The number of aryl methyl sites for hydroxylation is 1. The van der Waals surface area contributed by atoms with Crippen molar-refractivity contribution in [1.29, 1.82) is 0 Å². The van der Waals surface area contributed by atoms with Gasteiger partial charge in [-0.2, -0.15) is 0 Å². The summed E-state index contributed by atoms with van der Waals surface area (Å²) in [6.45, 7) is 2.16. The Bertz CT molecular complexity index is 1130. The highest BCUT2D eigenvalue weighted by Gasteiger charge is 2.23. The standard InChI is InChI=1S/C23H21NO6/c1-2-28-12-17-16-5-3-4-6-20(16)30-22(17)23(27)29-13-19(25)15-7-9-18-14(11-15)8-10-21(26)24-18/h3-7,9,11H,2,8,10,12-13H2,1H3,(H,24,26). The van der Waals surface area contributed by atoms with Crippen LogP contribution in [0.1, 0.15) is 45.4 Å². The number of hydrogen-bond acceptors (Lipinski definition) is 6. The van der Waals surface area contributed by atoms with Crippen LogP contribution >= 0.6 is 0 Å². The zero-order valence-corrected chi connectivity index (χ0v) is 16.5. The Morgan fingerprint density at radius 2 is 1.97 bits per heavy atom. The maximum absolute atomic E-state index is 12.6. The Morgan fingerprint density at radius 3 is 2.80 bits per heavy atom. The second kappa shape index (κ2) is 8.51. The maximum Gasteiger partial charge on any atom is 0.375 e. The molecule has 154 valence electrons. The molecule has 2 heterocycles. The summed E-state index contributed by atoms with van der Waals surface area (Å²) < 4.78 is 16.4. The van der Waals surface area contributed by atoms with Crippen molar-refractivity contribution in [1.82, 2.24) is 0 Å². The number of amides is 1. The zero-order chi connectivity index (χ0) is 21.1. The van der Waals surface area contributed by atoms with Crippen LogP contribution < -0.4 is 5.32 Å². The number of ketones is 1. The Kier molecular flexibility index (Phi) is 5.63. The number of furan rings is 1. The summed E-state index contributed by atoms with van der Waals surface area (Å²) in [5, 5.41) is 3.55. The molecule has 1 amide bonds. The monoisotopic (exact) mass is 407 g/mol. The molecule has 1 N–H and O–H groups in total. The molecule has 0 atom stereocenters. The van der Waals surface area contributed by atoms with E-state index in [0.717, 1.165) is 10.9 Å². The molecule has 2 aromatic carbocycles. The molecule has 4 rings (SSSR count). The summed E-state index contributed by atoms with van der Waals surface area (Å²) in [6.07, 6.45) is 0.955. The molecule has 0 aliphatic carbocycles. The van der Waals surface area contributed by atoms with Crippen LogP contribution in [0.25, 0.3) is 11.0 Å². The lowest BCUT2D eigenvalue weighted by Crippen LogP contribution is -2.20. The minimum Gasteiger partial charge on any atom is -0.451 e. The highest BCUT2D eigenvalue weighted by Crippen LogP contribution is 2.28. The average Bonchev–Trinajstić information content (AvgIpc) is 3.14. The van der Waals surface area contributed by atoms with E-state index in [-0.39, 0.29) is 24.1 Å². The smallest absolute Gasteiger partial charge is 0.375 e. The molecule has 1 aliphatic rings. The molecule has 7 nitrogen and oxygen atoms in total. The molecule has 30 heavy (non-hydrogen) atoms. The number of carbonyl (C=O) groups is 3. The largest absolute Gasteiger partial charge is 0.451 e. The summed E-state index contributed by atoms with van der Waals surface area (Å²) in [6, 6.07) is 12.3. The van der Waals surface area contributed by atoms with Gasteiger partial charge in [0, 0.05) is 35.2 Å². The molecule has 7 heteroatoms. The van der Waals surface area contributed by atoms with Gasteiger partial charge in [-0.3, -0.25) is 9.59 Å². The Morgan fingerprint density at radius 1 is 1.13 bits per heavy atom. The number of esters is 1. The number of para-hydroxylation sites is 1. The molecule has 3 aromatic rings. The van der Waals surface area contributed by atoms with Crippen LogP contribution in [0.15, 0.2) is 46.9 Å². The van der Waals surface area contributed by atoms with Gasteiger partial charge >= 0.3 is 5.97 Å². The van der Waals surface area contributed by atoms with Gasteiger partial charge in [0.1, 0.15) is 5.58 Å². The predicted octanol–water partition coefficient (Wildman–Crippen LogP) is 3.89. The molecular weight excluding hydrogens is 386 g/mol. The molecule has 0 fully saturated rings. The van der Waals surface area contributed by atoms with E-state index in [2.05, 4.69) is 5.32 Å². The number of carbonyl (C=O) groups excluding carboxylic acids is 3. The van der Waals surface area contributed by atoms with Gasteiger partial charge in [0.25, 0.3) is 0 Å². The number of anilines is 1. The first-order chi connectivity index (χ1) is 14.6. The van der Waals surface area contributed by atoms with Crippen molar-refractivity contribution < 1.29 is 28.3 Å². The number of Topliss-reactive ketones (excluding diaryl/α,β-unsaturated/α-hetero) is 1. The Hall–Kier alpha value is -3.45. The van der Waals surface area contributed by atoms with Gasteiger partial charge in [-0.25, -0.2) is 4.79 Å². The van der Waals surface area contributed by atoms with Crippen LogP contribution in [0.4, 0.5) is 5.69 Å². The van der Waals surface area contributed by atoms with Crippen LogP contribution in [-0.4, -0.2) is 30.9 Å². The average molecular weight is 407 g/mol. The number of fused-ring (bicyclic) bond motifs is 2. The molecule has 0 saturated carbocycles. The number of nitrogens with one attached hydrogen (secondary N) is 1. The molecule has 0 saturated heterocycles. The second-order valence-corrected chi connectivity index (χ2v) is 6.96. The summed E-state index contributed by atoms with van der Waals surface area (Å²) in [7, 11) is 0. The first kappa shape index (κ1) is 19.8. The van der Waals surface area contributed by atoms with Gasteiger partial charge < -0.3 is 19.2 Å². The Balaban J connectivity index is 1.48. The molecule has 1 aliphatic heterocycles. The van der Waals surface area contributed by atoms with Gasteiger partial charge in [0.2, 0.25) is 11.7 Å². The SMILES string of the molecule is CCOCc1c(C(=O)OCC(=O)c2ccc3c(c2)CCC(=O)N3)oc2ccccc12. The third-order valence-electron chi connectivity index (χ3n) is 4.99. The van der Waals surface area contributed by atoms with E-state index in [0.29, 0.717) is 41.8 Å². The second-order valence-electron chi connectivity index (χ2n) is 6.96. The third-order valence-corrected chi connectivity index (χ3v) is 4.99. The zero-order valence-electron chi connectivity index (χ0n) is 16.5. The van der Waals surface area contributed by atoms with Crippen LogP contribution in [-0.2, 0) is 27.3 Å². The fraction of sp³-hybridized carbons (Fsp3) is 0.261. The van der Waals surface area contributed by atoms with Crippen molar-refractivity contribution in [2.75, 3.05) is 18.5 Å². The van der Waals surface area contributed by atoms with Crippen molar-refractivity contribution in [3.05, 3.63) is 64.9 Å². The summed E-state index contributed by atoms with van der Waals surface area (Å²) in [5.74, 6) is -1.03. The van der Waals surface area contributed by atoms with E-state index in [4.69, 9.17) is 13.9 Å². The lowest BCUT2D eigenvalue weighted by molar-refractivity contribution is -0.116. The van der Waals surface area contributed by atoms with Gasteiger partial charge in [-0.1, -0.05) is 18.2 Å². The van der Waals surface area contributed by atoms with E-state index in [1.54, 1.807) is 24.3 Å². The van der Waals surface area contributed by atoms with Crippen molar-refractivity contribution in [2.24, 2.45) is 0 Å². The van der Waals surface area contributed by atoms with E-state index in [1.807, 2.05) is 25.1 Å². The van der Waals surface area contributed by atoms with Crippen LogP contribution in [0, 0.1) is 0 Å². The van der Waals surface area contributed by atoms with Crippen molar-refractivity contribution >= 4 is 34.3 Å². The first-order valence-electron chi connectivity index (χ1n) is 9.78. The molecule has 0 bridgehead atoms. The molecule has 0 spiro atoms. The third kappa shape index (κ3) is 3.97. The normalized spacial score (nSPS) is 13.0. The Labute approximate surface area is 173 Å². The summed E-state index contributed by atoms with van der Waals surface area (Å²) >= 11 is 0. The topological polar surface area (TPSA) is 94.8 Å². The summed E-state index contributed by atoms with van der Waals surface area (Å²) in [5.41, 5.74) is 3.19. The first-order valence-corrected chi connectivity index (χ1v) is 9.78. The molecular formula is C23H21NO6.